The van der Waals surface area contributed by atoms with Gasteiger partial charge in [0.25, 0.3) is 0 Å². The Hall–Kier alpha value is -1.43. The number of aliphatic hydroxyl groups excluding tert-OH is 1. The standard InChI is InChI=1S/C12H19FN4O/c1-2-14-12-15-7-10(13)11(17-12)16-8-3-5-9(18)6-4-8/h7-9,18H,2-6H2,1H3,(H2,14,15,16,17). The summed E-state index contributed by atoms with van der Waals surface area (Å²) in [6.07, 6.45) is 4.14. The predicted octanol–water partition coefficient (Wildman–Crippen LogP) is 1.76. The van der Waals surface area contributed by atoms with Gasteiger partial charge in [-0.1, -0.05) is 0 Å². The van der Waals surface area contributed by atoms with Gasteiger partial charge in [0.05, 0.1) is 12.3 Å². The Bertz CT molecular complexity index is 394. The zero-order valence-electron chi connectivity index (χ0n) is 10.5. The summed E-state index contributed by atoms with van der Waals surface area (Å²) in [6.45, 7) is 2.63. The number of hydrogen-bond acceptors (Lipinski definition) is 5. The van der Waals surface area contributed by atoms with Crippen LogP contribution < -0.4 is 10.6 Å². The van der Waals surface area contributed by atoms with Gasteiger partial charge in [-0.3, -0.25) is 0 Å². The third-order valence-electron chi connectivity index (χ3n) is 3.12. The molecule has 1 aliphatic carbocycles. The first-order valence-corrected chi connectivity index (χ1v) is 6.40. The third-order valence-corrected chi connectivity index (χ3v) is 3.12. The van der Waals surface area contributed by atoms with Crippen LogP contribution in [0.3, 0.4) is 0 Å². The smallest absolute Gasteiger partial charge is 0.224 e. The fourth-order valence-corrected chi connectivity index (χ4v) is 2.13. The van der Waals surface area contributed by atoms with Gasteiger partial charge < -0.3 is 15.7 Å². The van der Waals surface area contributed by atoms with Crippen molar-refractivity contribution >= 4 is 11.8 Å². The van der Waals surface area contributed by atoms with Crippen LogP contribution in [0.25, 0.3) is 0 Å². The highest BCUT2D eigenvalue weighted by molar-refractivity contribution is 5.41. The van der Waals surface area contributed by atoms with Crippen LogP contribution in [0.4, 0.5) is 16.2 Å². The maximum absolute atomic E-state index is 13.6. The summed E-state index contributed by atoms with van der Waals surface area (Å²) in [5, 5.41) is 15.5. The van der Waals surface area contributed by atoms with Gasteiger partial charge >= 0.3 is 0 Å². The minimum absolute atomic E-state index is 0.173. The van der Waals surface area contributed by atoms with Gasteiger partial charge in [-0.25, -0.2) is 9.37 Å². The minimum atomic E-state index is -0.442. The average Bonchev–Trinajstić information content (AvgIpc) is 2.36. The number of nitrogens with zero attached hydrogens (tertiary/aromatic N) is 2. The van der Waals surface area contributed by atoms with Gasteiger partial charge in [-0.2, -0.15) is 4.98 Å². The molecule has 1 heterocycles. The van der Waals surface area contributed by atoms with Crippen LogP contribution in [0.15, 0.2) is 6.20 Å². The molecule has 18 heavy (non-hydrogen) atoms. The number of hydrogen-bond donors (Lipinski definition) is 3. The van der Waals surface area contributed by atoms with Crippen molar-refractivity contribution in [2.75, 3.05) is 17.2 Å². The van der Waals surface area contributed by atoms with Crippen molar-refractivity contribution in [3.05, 3.63) is 12.0 Å². The van der Waals surface area contributed by atoms with E-state index in [1.165, 1.54) is 6.20 Å². The molecule has 1 aliphatic rings. The summed E-state index contributed by atoms with van der Waals surface area (Å²) in [7, 11) is 0. The second kappa shape index (κ2) is 5.95. The number of aromatic nitrogens is 2. The SMILES string of the molecule is CCNc1ncc(F)c(NC2CCC(O)CC2)n1. The Morgan fingerprint density at radius 1 is 1.39 bits per heavy atom. The lowest BCUT2D eigenvalue weighted by Gasteiger charge is -2.26. The lowest BCUT2D eigenvalue weighted by atomic mass is 9.93. The molecule has 0 aromatic carbocycles. The van der Waals surface area contributed by atoms with E-state index in [0.29, 0.717) is 12.5 Å². The summed E-state index contributed by atoms with van der Waals surface area (Å²) in [5.74, 6) is 0.224. The molecule has 0 unspecified atom stereocenters. The van der Waals surface area contributed by atoms with Crippen LogP contribution in [-0.4, -0.2) is 33.8 Å². The Morgan fingerprint density at radius 2 is 2.11 bits per heavy atom. The molecule has 1 aromatic rings. The first-order chi connectivity index (χ1) is 8.69. The molecular weight excluding hydrogens is 235 g/mol. The first-order valence-electron chi connectivity index (χ1n) is 6.40. The van der Waals surface area contributed by atoms with Crippen LogP contribution in [0, 0.1) is 5.82 Å². The first kappa shape index (κ1) is 13.0. The maximum Gasteiger partial charge on any atom is 0.224 e. The van der Waals surface area contributed by atoms with Gasteiger partial charge in [0.1, 0.15) is 0 Å². The summed E-state index contributed by atoms with van der Waals surface area (Å²) < 4.78 is 13.6. The van der Waals surface area contributed by atoms with E-state index < -0.39 is 5.82 Å². The molecule has 1 saturated carbocycles. The number of aliphatic hydroxyl groups is 1. The largest absolute Gasteiger partial charge is 0.393 e. The molecule has 0 spiro atoms. The van der Waals surface area contributed by atoms with Crippen LogP contribution in [0.2, 0.25) is 0 Å². The second-order valence-electron chi connectivity index (χ2n) is 4.57. The zero-order valence-corrected chi connectivity index (χ0v) is 10.5. The van der Waals surface area contributed by atoms with E-state index in [9.17, 15) is 9.50 Å². The van der Waals surface area contributed by atoms with Crippen molar-refractivity contribution in [1.29, 1.82) is 0 Å². The summed E-state index contributed by atoms with van der Waals surface area (Å²) >= 11 is 0. The maximum atomic E-state index is 13.6. The molecule has 0 atom stereocenters. The molecule has 100 valence electrons. The fourth-order valence-electron chi connectivity index (χ4n) is 2.13. The number of rotatable bonds is 4. The number of halogens is 1. The van der Waals surface area contributed by atoms with Crippen molar-refractivity contribution in [2.45, 2.75) is 44.8 Å². The molecule has 0 saturated heterocycles. The highest BCUT2D eigenvalue weighted by Crippen LogP contribution is 2.22. The molecular formula is C12H19FN4O. The van der Waals surface area contributed by atoms with Crippen molar-refractivity contribution in [3.63, 3.8) is 0 Å². The van der Waals surface area contributed by atoms with E-state index in [1.807, 2.05) is 6.92 Å². The van der Waals surface area contributed by atoms with E-state index in [2.05, 4.69) is 20.6 Å². The van der Waals surface area contributed by atoms with Gasteiger partial charge in [0.15, 0.2) is 11.6 Å². The molecule has 0 amide bonds. The third kappa shape index (κ3) is 3.29. The summed E-state index contributed by atoms with van der Waals surface area (Å²) in [4.78, 5) is 7.96. The molecule has 6 heteroatoms. The van der Waals surface area contributed by atoms with Crippen molar-refractivity contribution in [1.82, 2.24) is 9.97 Å². The topological polar surface area (TPSA) is 70.1 Å². The molecule has 0 bridgehead atoms. The van der Waals surface area contributed by atoms with E-state index in [1.54, 1.807) is 0 Å². The monoisotopic (exact) mass is 254 g/mol. The summed E-state index contributed by atoms with van der Waals surface area (Å²) in [5.41, 5.74) is 0. The Morgan fingerprint density at radius 3 is 2.78 bits per heavy atom. The Labute approximate surface area is 106 Å². The molecule has 1 fully saturated rings. The van der Waals surface area contributed by atoms with E-state index >= 15 is 0 Å². The Balaban J connectivity index is 2.01. The van der Waals surface area contributed by atoms with Crippen molar-refractivity contribution in [2.24, 2.45) is 0 Å². The normalized spacial score (nSPS) is 23.7. The van der Waals surface area contributed by atoms with Gasteiger partial charge in [-0.15, -0.1) is 0 Å². The average molecular weight is 254 g/mol. The minimum Gasteiger partial charge on any atom is -0.393 e. The van der Waals surface area contributed by atoms with E-state index in [0.717, 1.165) is 25.7 Å². The lowest BCUT2D eigenvalue weighted by Crippen LogP contribution is -2.29. The van der Waals surface area contributed by atoms with E-state index in [4.69, 9.17) is 0 Å². The van der Waals surface area contributed by atoms with Crippen LogP contribution >= 0.6 is 0 Å². The Kier molecular flexibility index (Phi) is 4.30. The molecule has 5 nitrogen and oxygen atoms in total. The number of nitrogens with one attached hydrogen (secondary N) is 2. The molecule has 3 N–H and O–H groups in total. The predicted molar refractivity (Wildman–Crippen MR) is 68.0 cm³/mol. The molecule has 2 rings (SSSR count). The van der Waals surface area contributed by atoms with E-state index in [-0.39, 0.29) is 18.0 Å². The van der Waals surface area contributed by atoms with Crippen LogP contribution in [0.5, 0.6) is 0 Å². The zero-order chi connectivity index (χ0) is 13.0. The molecule has 1 aromatic heterocycles. The lowest BCUT2D eigenvalue weighted by molar-refractivity contribution is 0.126. The van der Waals surface area contributed by atoms with Crippen LogP contribution in [-0.2, 0) is 0 Å². The highest BCUT2D eigenvalue weighted by Gasteiger charge is 2.20. The van der Waals surface area contributed by atoms with Crippen molar-refractivity contribution in [3.8, 4) is 0 Å². The number of anilines is 2. The van der Waals surface area contributed by atoms with Crippen molar-refractivity contribution < 1.29 is 9.50 Å². The highest BCUT2D eigenvalue weighted by atomic mass is 19.1. The fraction of sp³-hybridized carbons (Fsp3) is 0.667. The van der Waals surface area contributed by atoms with Gasteiger partial charge in [0.2, 0.25) is 5.95 Å². The van der Waals surface area contributed by atoms with Gasteiger partial charge in [-0.05, 0) is 32.6 Å². The molecule has 0 aliphatic heterocycles. The second-order valence-corrected chi connectivity index (χ2v) is 4.57. The quantitative estimate of drug-likeness (QED) is 0.764. The summed E-state index contributed by atoms with van der Waals surface area (Å²) in [6, 6.07) is 0.173. The molecule has 0 radical (unpaired) electrons. The van der Waals surface area contributed by atoms with Crippen LogP contribution in [0.1, 0.15) is 32.6 Å². The van der Waals surface area contributed by atoms with Gasteiger partial charge in [0, 0.05) is 12.6 Å².